The first-order valence-corrected chi connectivity index (χ1v) is 5.08. The van der Waals surface area contributed by atoms with Crippen LogP contribution in [0.1, 0.15) is 10.4 Å². The number of carbonyl (C=O) groups excluding carboxylic acids is 1. The third-order valence-electron chi connectivity index (χ3n) is 2.33. The average molecular weight is 227 g/mol. The number of phenolic OH excluding ortho intramolecular Hbond substituents is 1. The van der Waals surface area contributed by atoms with Crippen LogP contribution in [0.4, 0.5) is 5.69 Å². The van der Waals surface area contributed by atoms with Crippen molar-refractivity contribution < 1.29 is 14.6 Å². The molecule has 0 aliphatic heterocycles. The highest BCUT2D eigenvalue weighted by Gasteiger charge is 2.22. The van der Waals surface area contributed by atoms with Gasteiger partial charge in [-0.1, -0.05) is 18.2 Å². The van der Waals surface area contributed by atoms with E-state index in [4.69, 9.17) is 10.6 Å². The van der Waals surface area contributed by atoms with Gasteiger partial charge in [0.05, 0.1) is 5.56 Å². The lowest BCUT2D eigenvalue weighted by Gasteiger charge is -1.96. The molecule has 1 amide bonds. The van der Waals surface area contributed by atoms with Gasteiger partial charge < -0.3 is 5.11 Å². The number of nitrogens with one attached hydrogen (secondary N) is 1. The average Bonchev–Trinajstić information content (AvgIpc) is 2.39. The summed E-state index contributed by atoms with van der Waals surface area (Å²) in [4.78, 5) is 11.9. The molecule has 2 aromatic rings. The van der Waals surface area contributed by atoms with E-state index in [2.05, 4.69) is 0 Å². The van der Waals surface area contributed by atoms with Crippen molar-refractivity contribution in [1.29, 1.82) is 5.53 Å². The maximum atomic E-state index is 11.9. The molecule has 0 saturated heterocycles. The van der Waals surface area contributed by atoms with Crippen molar-refractivity contribution in [1.82, 2.24) is 0 Å². The molecule has 84 valence electrons. The van der Waals surface area contributed by atoms with Gasteiger partial charge in [-0.2, -0.15) is 0 Å². The first kappa shape index (κ1) is 11.0. The molecular weight excluding hydrogens is 216 g/mol. The summed E-state index contributed by atoms with van der Waals surface area (Å²) in [5.41, 5.74) is 8.60. The van der Waals surface area contributed by atoms with Crippen LogP contribution in [-0.2, 0) is 0 Å². The van der Waals surface area contributed by atoms with Crippen molar-refractivity contribution in [2.24, 2.45) is 0 Å². The second-order valence-electron chi connectivity index (χ2n) is 3.52. The number of nitrogens with zero attached hydrogens (tertiary/aromatic N) is 1. The van der Waals surface area contributed by atoms with Crippen molar-refractivity contribution in [2.45, 2.75) is 0 Å². The lowest BCUT2D eigenvalue weighted by molar-refractivity contribution is -0.436. The summed E-state index contributed by atoms with van der Waals surface area (Å²) in [5.74, 6) is -0.300. The van der Waals surface area contributed by atoms with Crippen molar-refractivity contribution in [3.63, 3.8) is 0 Å². The molecule has 2 rings (SSSR count). The van der Waals surface area contributed by atoms with Gasteiger partial charge in [-0.15, -0.1) is 0 Å². The highest BCUT2D eigenvalue weighted by Crippen LogP contribution is 2.18. The monoisotopic (exact) mass is 227 g/mol. The molecule has 0 atom stereocenters. The summed E-state index contributed by atoms with van der Waals surface area (Å²) in [6.07, 6.45) is 0. The summed E-state index contributed by atoms with van der Waals surface area (Å²) in [6, 6.07) is 14.5. The van der Waals surface area contributed by atoms with E-state index in [1.54, 1.807) is 24.3 Å². The summed E-state index contributed by atoms with van der Waals surface area (Å²) in [6.45, 7) is 0. The smallest absolute Gasteiger partial charge is 0.449 e. The van der Waals surface area contributed by atoms with E-state index >= 15 is 0 Å². The molecule has 0 radical (unpaired) electrons. The predicted octanol–water partition coefficient (Wildman–Crippen LogP) is 2.91. The van der Waals surface area contributed by atoms with Crippen molar-refractivity contribution >= 4 is 11.6 Å². The van der Waals surface area contributed by atoms with Gasteiger partial charge in [-0.05, 0) is 34.5 Å². The van der Waals surface area contributed by atoms with E-state index in [1.165, 1.54) is 24.3 Å². The summed E-state index contributed by atoms with van der Waals surface area (Å²) >= 11 is 0. The molecule has 0 aromatic heterocycles. The Morgan fingerprint density at radius 2 is 1.59 bits per heavy atom. The van der Waals surface area contributed by atoms with Crippen molar-refractivity contribution in [3.8, 4) is 5.75 Å². The van der Waals surface area contributed by atoms with Crippen LogP contribution in [0.15, 0.2) is 54.6 Å². The molecule has 0 heterocycles. The standard InChI is InChI=1S/C13H10N2O2/c14-15(11-6-8-12(16)9-7-11)13(17)10-4-2-1-3-5-10/h1-9H,(H-,14,16)/p+1. The number of hydrogen-bond donors (Lipinski definition) is 2. The van der Waals surface area contributed by atoms with Crippen molar-refractivity contribution in [2.75, 3.05) is 0 Å². The lowest BCUT2D eigenvalue weighted by Crippen LogP contribution is -2.12. The fraction of sp³-hybridized carbons (Fsp3) is 0. The quantitative estimate of drug-likeness (QED) is 0.612. The van der Waals surface area contributed by atoms with Crippen LogP contribution in [0, 0.1) is 5.53 Å². The minimum absolute atomic E-state index is 0.106. The Hall–Kier alpha value is -2.49. The molecule has 0 aliphatic rings. The highest BCUT2D eigenvalue weighted by atomic mass is 16.3. The molecule has 2 N–H and O–H groups in total. The maximum Gasteiger partial charge on any atom is 0.449 e. The molecule has 0 bridgehead atoms. The topological polar surface area (TPSA) is 64.2 Å². The zero-order chi connectivity index (χ0) is 12.3. The summed E-state index contributed by atoms with van der Waals surface area (Å²) in [5, 5.41) is 9.13. The van der Waals surface area contributed by atoms with E-state index in [-0.39, 0.29) is 5.75 Å². The van der Waals surface area contributed by atoms with Crippen LogP contribution in [0.3, 0.4) is 0 Å². The number of rotatable bonds is 2. The number of hydrogen-bond acceptors (Lipinski definition) is 3. The predicted molar refractivity (Wildman–Crippen MR) is 61.5 cm³/mol. The number of benzene rings is 2. The third-order valence-corrected chi connectivity index (χ3v) is 2.33. The minimum Gasteiger partial charge on any atom is -0.508 e. The van der Waals surface area contributed by atoms with Gasteiger partial charge in [-0.3, -0.25) is 0 Å². The van der Waals surface area contributed by atoms with Gasteiger partial charge in [0.1, 0.15) is 5.75 Å². The Labute approximate surface area is 98.3 Å². The molecular formula is C13H11N2O2+. The maximum absolute atomic E-state index is 11.9. The Morgan fingerprint density at radius 3 is 2.18 bits per heavy atom. The van der Waals surface area contributed by atoms with Crippen LogP contribution in [-0.4, -0.2) is 15.7 Å². The largest absolute Gasteiger partial charge is 0.508 e. The molecule has 4 heteroatoms. The first-order valence-electron chi connectivity index (χ1n) is 5.08. The number of carbonyl (C=O) groups is 1. The van der Waals surface area contributed by atoms with Gasteiger partial charge in [0.25, 0.3) is 0 Å². The van der Waals surface area contributed by atoms with Crippen LogP contribution >= 0.6 is 0 Å². The zero-order valence-electron chi connectivity index (χ0n) is 9.00. The van der Waals surface area contributed by atoms with E-state index < -0.39 is 5.91 Å². The fourth-order valence-corrected chi connectivity index (χ4v) is 1.43. The molecule has 0 fully saturated rings. The Morgan fingerprint density at radius 1 is 1.00 bits per heavy atom. The van der Waals surface area contributed by atoms with Gasteiger partial charge >= 0.3 is 5.91 Å². The molecule has 0 spiro atoms. The second-order valence-corrected chi connectivity index (χ2v) is 3.52. The Balaban J connectivity index is 2.27. The molecule has 0 unspecified atom stereocenters. The lowest BCUT2D eigenvalue weighted by atomic mass is 10.2. The number of aromatic hydroxyl groups is 1. The van der Waals surface area contributed by atoms with E-state index in [1.807, 2.05) is 6.07 Å². The minimum atomic E-state index is -0.406. The summed E-state index contributed by atoms with van der Waals surface area (Å²) in [7, 11) is 0. The molecule has 4 nitrogen and oxygen atoms in total. The molecule has 0 saturated carbocycles. The Bertz CT molecular complexity index is 547. The van der Waals surface area contributed by atoms with E-state index in [9.17, 15) is 4.79 Å². The normalized spacial score (nSPS) is 9.88. The number of phenols is 1. The van der Waals surface area contributed by atoms with Crippen molar-refractivity contribution in [3.05, 3.63) is 60.2 Å². The van der Waals surface area contributed by atoms with Gasteiger partial charge in [-0.25, -0.2) is 4.79 Å². The van der Waals surface area contributed by atoms with E-state index in [0.29, 0.717) is 11.3 Å². The van der Waals surface area contributed by atoms with E-state index in [0.717, 1.165) is 4.70 Å². The molecule has 0 aliphatic carbocycles. The summed E-state index contributed by atoms with van der Waals surface area (Å²) < 4.78 is 0.800. The zero-order valence-corrected chi connectivity index (χ0v) is 9.00. The highest BCUT2D eigenvalue weighted by molar-refractivity contribution is 5.88. The van der Waals surface area contributed by atoms with Crippen LogP contribution in [0.25, 0.3) is 0 Å². The first-order chi connectivity index (χ1) is 8.18. The Kier molecular flexibility index (Phi) is 2.96. The van der Waals surface area contributed by atoms with Crippen LogP contribution < -0.4 is 0 Å². The fourth-order valence-electron chi connectivity index (χ4n) is 1.43. The van der Waals surface area contributed by atoms with Gasteiger partial charge in [0, 0.05) is 12.1 Å². The van der Waals surface area contributed by atoms with Gasteiger partial charge in [0.2, 0.25) is 5.69 Å². The molecule has 17 heavy (non-hydrogen) atoms. The van der Waals surface area contributed by atoms with Gasteiger partial charge in [0.15, 0.2) is 0 Å². The van der Waals surface area contributed by atoms with Crippen LogP contribution in [0.5, 0.6) is 5.75 Å². The third kappa shape index (κ3) is 2.36. The molecule has 2 aromatic carbocycles. The number of amides is 1. The van der Waals surface area contributed by atoms with Crippen LogP contribution in [0.2, 0.25) is 0 Å². The SMILES string of the molecule is N=[N+](C(=O)c1ccccc1)c1ccc(O)cc1. The second kappa shape index (κ2) is 4.57.